The summed E-state index contributed by atoms with van der Waals surface area (Å²) in [4.78, 5) is 23.1. The van der Waals surface area contributed by atoms with Crippen LogP contribution in [0.2, 0.25) is 0 Å². The van der Waals surface area contributed by atoms with Gasteiger partial charge in [0.25, 0.3) is 0 Å². The minimum atomic E-state index is -5.02. The molecule has 116 valence electrons. The van der Waals surface area contributed by atoms with Gasteiger partial charge in [-0.3, -0.25) is 14.5 Å². The largest absolute Gasteiger partial charge is 0.742 e. The Labute approximate surface area is 116 Å². The molecule has 0 rings (SSSR count). The fourth-order valence-corrected chi connectivity index (χ4v) is 1.91. The van der Waals surface area contributed by atoms with E-state index in [-0.39, 0.29) is 19.6 Å². The normalized spacial score (nSPS) is 12.3. The van der Waals surface area contributed by atoms with Gasteiger partial charge in [-0.05, 0) is 0 Å². The van der Waals surface area contributed by atoms with Gasteiger partial charge in [0, 0.05) is 32.5 Å². The molecule has 0 heterocycles. The number of carbonyl (C=O) groups excluding carboxylic acids is 2. The number of carbonyl (C=O) groups is 2. The fraction of sp³-hybridized carbons (Fsp3) is 0.556. The number of rotatable bonds is 8. The van der Waals surface area contributed by atoms with Gasteiger partial charge in [0.1, 0.15) is 0 Å². The lowest BCUT2D eigenvalue weighted by Crippen LogP contribution is -2.31. The van der Waals surface area contributed by atoms with Crippen molar-refractivity contribution in [2.45, 2.75) is 12.8 Å². The van der Waals surface area contributed by atoms with Crippen LogP contribution in [-0.4, -0.2) is 60.7 Å². The molecular weight excluding hydrogens is 314 g/mol. The molecule has 0 saturated heterocycles. The van der Waals surface area contributed by atoms with Gasteiger partial charge < -0.3 is 9.11 Å². The Bertz CT molecular complexity index is 529. The van der Waals surface area contributed by atoms with Crippen LogP contribution < -0.4 is 0 Å². The third-order valence-electron chi connectivity index (χ3n) is 2.21. The molecule has 0 unspecified atom stereocenters. The van der Waals surface area contributed by atoms with Crippen molar-refractivity contribution >= 4 is 30.5 Å². The first-order valence-corrected chi connectivity index (χ1v) is 8.11. The maximum atomic E-state index is 10.9. The molecule has 0 aliphatic heterocycles. The van der Waals surface area contributed by atoms with Gasteiger partial charge in [-0.25, -0.2) is 16.8 Å². The van der Waals surface area contributed by atoms with Crippen molar-refractivity contribution in [2.75, 3.05) is 19.6 Å². The summed E-state index contributed by atoms with van der Waals surface area (Å²) in [5.74, 6) is 0. The molecule has 0 aromatic heterocycles. The van der Waals surface area contributed by atoms with Crippen molar-refractivity contribution < 1.29 is 35.5 Å². The summed E-state index contributed by atoms with van der Waals surface area (Å²) in [6, 6.07) is 0. The molecule has 11 heteroatoms. The predicted molar refractivity (Wildman–Crippen MR) is 65.3 cm³/mol. The van der Waals surface area contributed by atoms with Gasteiger partial charge in [0.2, 0.25) is 10.2 Å². The molecule has 0 bridgehead atoms. The zero-order valence-electron chi connectivity index (χ0n) is 10.3. The van der Waals surface area contributed by atoms with Crippen LogP contribution >= 0.6 is 0 Å². The lowest BCUT2D eigenvalue weighted by Gasteiger charge is -2.20. The van der Waals surface area contributed by atoms with Crippen molar-refractivity contribution in [3.63, 3.8) is 0 Å². The van der Waals surface area contributed by atoms with Gasteiger partial charge in [0.05, 0.1) is 0 Å². The van der Waals surface area contributed by atoms with Crippen LogP contribution in [0.15, 0.2) is 12.7 Å². The summed E-state index contributed by atoms with van der Waals surface area (Å²) >= 11 is 0. The van der Waals surface area contributed by atoms with Crippen LogP contribution in [-0.2, 0) is 29.8 Å². The Balaban J connectivity index is 4.49. The third kappa shape index (κ3) is 7.45. The second kappa shape index (κ2) is 7.59. The van der Waals surface area contributed by atoms with Crippen molar-refractivity contribution in [1.29, 1.82) is 0 Å². The summed E-state index contributed by atoms with van der Waals surface area (Å²) in [6.07, 6.45) is 0.169. The topological polar surface area (TPSA) is 152 Å². The molecule has 0 aliphatic carbocycles. The summed E-state index contributed by atoms with van der Waals surface area (Å²) in [5, 5.41) is -3.01. The van der Waals surface area contributed by atoms with Crippen LogP contribution in [0, 0.1) is 0 Å². The number of hydrogen-bond donors (Lipinski definition) is 0. The molecule has 0 aromatic carbocycles. The second-order valence-corrected chi connectivity index (χ2v) is 6.47. The average molecular weight is 327 g/mol. The smallest absolute Gasteiger partial charge is 0.235 e. The second-order valence-electron chi connectivity index (χ2n) is 3.74. The highest BCUT2D eigenvalue weighted by Crippen LogP contribution is 2.01. The molecule has 0 saturated carbocycles. The van der Waals surface area contributed by atoms with Gasteiger partial charge in [0.15, 0.2) is 20.2 Å². The minimum Gasteiger partial charge on any atom is -0.742 e. The van der Waals surface area contributed by atoms with E-state index in [0.717, 1.165) is 0 Å². The first kappa shape index (κ1) is 18.9. The molecule has 0 radical (unpaired) electrons. The van der Waals surface area contributed by atoms with Crippen LogP contribution in [0.25, 0.3) is 0 Å². The Hall–Kier alpha value is -1.14. The van der Waals surface area contributed by atoms with E-state index in [1.54, 1.807) is 0 Å². The molecule has 0 N–H and O–H groups in total. The molecule has 0 aromatic rings. The molecule has 0 aliphatic rings. The molecule has 0 fully saturated rings. The van der Waals surface area contributed by atoms with E-state index in [4.69, 9.17) is 0 Å². The van der Waals surface area contributed by atoms with Crippen molar-refractivity contribution in [3.8, 4) is 0 Å². The predicted octanol–water partition coefficient (Wildman–Crippen LogP) is -1.60. The maximum Gasteiger partial charge on any atom is 0.235 e. The van der Waals surface area contributed by atoms with Gasteiger partial charge in [-0.15, -0.1) is 6.58 Å². The molecular formula is C9H13NO8S2-2. The Morgan fingerprint density at radius 3 is 1.55 bits per heavy atom. The monoisotopic (exact) mass is 327 g/mol. The van der Waals surface area contributed by atoms with Crippen molar-refractivity contribution in [2.24, 2.45) is 0 Å². The highest BCUT2D eigenvalue weighted by atomic mass is 32.2. The van der Waals surface area contributed by atoms with E-state index in [2.05, 4.69) is 6.58 Å². The maximum absolute atomic E-state index is 10.9. The van der Waals surface area contributed by atoms with Crippen LogP contribution in [0.3, 0.4) is 0 Å². The standard InChI is InChI=1S/C9H15NO8S2/c1-2-5-10(6-3-8(11)19(13,14)15)7-4-9(12)20(16,17)18/h2H,1,3-7H2,(H,13,14,15)(H,16,17,18)/p-2. The van der Waals surface area contributed by atoms with E-state index >= 15 is 0 Å². The molecule has 0 atom stereocenters. The van der Waals surface area contributed by atoms with Gasteiger partial charge in [-0.2, -0.15) is 0 Å². The van der Waals surface area contributed by atoms with E-state index in [1.165, 1.54) is 11.0 Å². The van der Waals surface area contributed by atoms with Gasteiger partial charge >= 0.3 is 0 Å². The Kier molecular flexibility index (Phi) is 7.16. The Morgan fingerprint density at radius 2 is 1.30 bits per heavy atom. The summed E-state index contributed by atoms with van der Waals surface area (Å²) < 4.78 is 62.3. The zero-order valence-corrected chi connectivity index (χ0v) is 12.0. The first-order valence-electron chi connectivity index (χ1n) is 5.29. The van der Waals surface area contributed by atoms with Crippen molar-refractivity contribution in [3.05, 3.63) is 12.7 Å². The summed E-state index contributed by atoms with van der Waals surface area (Å²) in [6.45, 7) is 3.14. The first-order chi connectivity index (χ1) is 8.98. The lowest BCUT2D eigenvalue weighted by molar-refractivity contribution is -0.112. The van der Waals surface area contributed by atoms with E-state index in [0.29, 0.717) is 0 Å². The highest BCUT2D eigenvalue weighted by molar-refractivity contribution is 8.01. The SMILES string of the molecule is C=CCN(CCC(=O)S(=O)(=O)[O-])CCC(=O)S(=O)(=O)[O-]. The molecule has 0 spiro atoms. The average Bonchev–Trinajstić information content (AvgIpc) is 2.29. The number of nitrogens with zero attached hydrogens (tertiary/aromatic N) is 1. The fourth-order valence-electron chi connectivity index (χ4n) is 1.23. The summed E-state index contributed by atoms with van der Waals surface area (Å²) in [5.41, 5.74) is 0. The van der Waals surface area contributed by atoms with E-state index in [1.807, 2.05) is 0 Å². The van der Waals surface area contributed by atoms with Crippen LogP contribution in [0.5, 0.6) is 0 Å². The quantitative estimate of drug-likeness (QED) is 0.379. The summed E-state index contributed by atoms with van der Waals surface area (Å²) in [7, 11) is -10.0. The molecule has 9 nitrogen and oxygen atoms in total. The van der Waals surface area contributed by atoms with E-state index < -0.39 is 43.3 Å². The Morgan fingerprint density at radius 1 is 0.950 bits per heavy atom. The molecule has 0 amide bonds. The van der Waals surface area contributed by atoms with Crippen molar-refractivity contribution in [1.82, 2.24) is 4.90 Å². The zero-order chi connectivity index (χ0) is 16.0. The third-order valence-corrected chi connectivity index (χ3v) is 3.73. The lowest BCUT2D eigenvalue weighted by atomic mass is 10.3. The van der Waals surface area contributed by atoms with E-state index in [9.17, 15) is 35.5 Å². The van der Waals surface area contributed by atoms with Crippen LogP contribution in [0.4, 0.5) is 0 Å². The molecule has 20 heavy (non-hydrogen) atoms. The van der Waals surface area contributed by atoms with Gasteiger partial charge in [-0.1, -0.05) is 6.08 Å². The van der Waals surface area contributed by atoms with Crippen LogP contribution in [0.1, 0.15) is 12.8 Å². The highest BCUT2D eigenvalue weighted by Gasteiger charge is 2.15. The minimum absolute atomic E-state index is 0.123. The number of hydrogen-bond acceptors (Lipinski definition) is 9.